The number of hydrogen-bond acceptors (Lipinski definition) is 5. The number of rotatable bonds is 6. The average Bonchev–Trinajstić information content (AvgIpc) is 2.90. The van der Waals surface area contributed by atoms with Crippen LogP contribution in [0.2, 0.25) is 0 Å². The second kappa shape index (κ2) is 7.84. The molecule has 1 heterocycles. The van der Waals surface area contributed by atoms with Crippen LogP contribution in [0.4, 0.5) is 0 Å². The zero-order valence-electron chi connectivity index (χ0n) is 15.5. The third-order valence-electron chi connectivity index (χ3n) is 4.35. The van der Waals surface area contributed by atoms with Gasteiger partial charge < -0.3 is 9.47 Å². The summed E-state index contributed by atoms with van der Waals surface area (Å²) in [6, 6.07) is 14.7. The summed E-state index contributed by atoms with van der Waals surface area (Å²) >= 11 is 0. The summed E-state index contributed by atoms with van der Waals surface area (Å²) < 4.78 is 38.1. The molecule has 142 valence electrons. The summed E-state index contributed by atoms with van der Waals surface area (Å²) in [5.41, 5.74) is 2.32. The van der Waals surface area contributed by atoms with Crippen molar-refractivity contribution in [3.05, 3.63) is 65.2 Å². The van der Waals surface area contributed by atoms with Gasteiger partial charge in [0, 0.05) is 12.1 Å². The molecule has 3 rings (SSSR count). The Kier molecular flexibility index (Phi) is 5.51. The maximum absolute atomic E-state index is 12.5. The maximum Gasteiger partial charge on any atom is 0.264 e. The van der Waals surface area contributed by atoms with Gasteiger partial charge in [-0.25, -0.2) is 8.42 Å². The number of nitrogens with one attached hydrogen (secondary N) is 1. The molecule has 2 aromatic carbocycles. The largest absolute Gasteiger partial charge is 0.493 e. The minimum Gasteiger partial charge on any atom is -0.493 e. The van der Waals surface area contributed by atoms with Crippen LogP contribution in [0.3, 0.4) is 0 Å². The van der Waals surface area contributed by atoms with Crippen molar-refractivity contribution in [2.24, 2.45) is 4.99 Å². The minimum absolute atomic E-state index is 0.285. The Morgan fingerprint density at radius 2 is 1.70 bits per heavy atom. The lowest BCUT2D eigenvalue weighted by Gasteiger charge is -2.09. The lowest BCUT2D eigenvalue weighted by Crippen LogP contribution is -2.24. The highest BCUT2D eigenvalue weighted by Gasteiger charge is 2.32. The van der Waals surface area contributed by atoms with Crippen LogP contribution in [-0.2, 0) is 16.4 Å². The van der Waals surface area contributed by atoms with Crippen molar-refractivity contribution in [3.63, 3.8) is 0 Å². The fourth-order valence-corrected chi connectivity index (χ4v) is 4.53. The number of benzene rings is 2. The van der Waals surface area contributed by atoms with E-state index >= 15 is 0 Å². The molecule has 0 radical (unpaired) electrons. The van der Waals surface area contributed by atoms with Gasteiger partial charge in [-0.05, 0) is 36.6 Å². The van der Waals surface area contributed by atoms with Gasteiger partial charge in [-0.15, -0.1) is 0 Å². The Hall–Kier alpha value is -2.80. The Bertz CT molecular complexity index is 996. The van der Waals surface area contributed by atoms with Gasteiger partial charge in [0.25, 0.3) is 10.0 Å². The molecule has 6 nitrogen and oxygen atoms in total. The first-order chi connectivity index (χ1) is 13.0. The quantitative estimate of drug-likeness (QED) is 0.828. The first kappa shape index (κ1) is 19.0. The maximum atomic E-state index is 12.5. The van der Waals surface area contributed by atoms with Crippen LogP contribution < -0.4 is 14.2 Å². The van der Waals surface area contributed by atoms with Crippen LogP contribution in [0, 0.1) is 0 Å². The summed E-state index contributed by atoms with van der Waals surface area (Å²) in [6.45, 7) is 2.22. The van der Waals surface area contributed by atoms with E-state index in [1.54, 1.807) is 33.3 Å². The summed E-state index contributed by atoms with van der Waals surface area (Å²) in [4.78, 5) is 4.75. The highest BCUT2D eigenvalue weighted by Crippen LogP contribution is 2.30. The van der Waals surface area contributed by atoms with Crippen LogP contribution in [0.25, 0.3) is 4.91 Å². The molecular weight excluding hydrogens is 364 g/mol. The molecule has 27 heavy (non-hydrogen) atoms. The molecule has 0 fully saturated rings. The highest BCUT2D eigenvalue weighted by atomic mass is 32.2. The monoisotopic (exact) mass is 386 g/mol. The molecule has 0 unspecified atom stereocenters. The molecule has 0 bridgehead atoms. The van der Waals surface area contributed by atoms with Crippen molar-refractivity contribution >= 4 is 20.8 Å². The molecule has 0 aliphatic carbocycles. The lowest BCUT2D eigenvalue weighted by atomic mass is 10.1. The molecule has 2 aromatic rings. The Labute approximate surface area is 159 Å². The van der Waals surface area contributed by atoms with Crippen LogP contribution in [0.15, 0.2) is 59.1 Å². The molecule has 0 saturated carbocycles. The third kappa shape index (κ3) is 3.98. The molecule has 1 aliphatic heterocycles. The molecule has 1 aliphatic rings. The Morgan fingerprint density at radius 1 is 1.00 bits per heavy atom. The smallest absolute Gasteiger partial charge is 0.264 e. The number of sulfonamides is 1. The van der Waals surface area contributed by atoms with Crippen molar-refractivity contribution in [2.45, 2.75) is 13.3 Å². The first-order valence-corrected chi connectivity index (χ1v) is 9.99. The van der Waals surface area contributed by atoms with Gasteiger partial charge in [0.15, 0.2) is 11.5 Å². The van der Waals surface area contributed by atoms with E-state index in [9.17, 15) is 8.42 Å². The Morgan fingerprint density at radius 3 is 2.37 bits per heavy atom. The highest BCUT2D eigenvalue weighted by molar-refractivity contribution is 8.00. The number of aliphatic imine (C=N–C) groups is 1. The van der Waals surface area contributed by atoms with E-state index in [1.807, 2.05) is 36.4 Å². The normalized spacial score (nSPS) is 17.1. The molecule has 7 heteroatoms. The second-order valence-corrected chi connectivity index (χ2v) is 7.71. The lowest BCUT2D eigenvalue weighted by molar-refractivity contribution is 0.354. The zero-order chi connectivity index (χ0) is 19.4. The number of amidine groups is 1. The van der Waals surface area contributed by atoms with E-state index in [1.165, 1.54) is 0 Å². The van der Waals surface area contributed by atoms with E-state index in [-0.39, 0.29) is 4.91 Å². The van der Waals surface area contributed by atoms with Gasteiger partial charge >= 0.3 is 0 Å². The molecule has 0 atom stereocenters. The fourth-order valence-electron chi connectivity index (χ4n) is 3.01. The van der Waals surface area contributed by atoms with E-state index in [0.717, 1.165) is 5.56 Å². The molecular formula is C20H22N2O4S. The predicted octanol–water partition coefficient (Wildman–Crippen LogP) is 3.01. The first-order valence-electron chi connectivity index (χ1n) is 8.51. The number of nitrogens with zero attached hydrogens (tertiary/aromatic N) is 1. The van der Waals surface area contributed by atoms with Crippen molar-refractivity contribution in [1.82, 2.24) is 4.72 Å². The Balaban J connectivity index is 1.79. The predicted molar refractivity (Wildman–Crippen MR) is 107 cm³/mol. The van der Waals surface area contributed by atoms with Crippen molar-refractivity contribution in [3.8, 4) is 11.5 Å². The van der Waals surface area contributed by atoms with Gasteiger partial charge in [-0.2, -0.15) is 0 Å². The van der Waals surface area contributed by atoms with Crippen LogP contribution >= 0.6 is 0 Å². The minimum atomic E-state index is -3.59. The molecule has 1 N–H and O–H groups in total. The SMILES string of the molecule is COc1ccc(CCN=C2NS(=O)(=O)C(c3ccccc3)=C2C)cc1OC. The molecule has 0 saturated heterocycles. The average molecular weight is 386 g/mol. The van der Waals surface area contributed by atoms with E-state index in [0.29, 0.717) is 41.4 Å². The third-order valence-corrected chi connectivity index (χ3v) is 5.89. The number of hydrogen-bond donors (Lipinski definition) is 1. The van der Waals surface area contributed by atoms with Crippen LogP contribution in [-0.4, -0.2) is 35.0 Å². The number of methoxy groups -OCH3 is 2. The van der Waals surface area contributed by atoms with Gasteiger partial charge in [0.1, 0.15) is 10.7 Å². The van der Waals surface area contributed by atoms with Crippen molar-refractivity contribution < 1.29 is 17.9 Å². The zero-order valence-corrected chi connectivity index (χ0v) is 16.3. The summed E-state index contributed by atoms with van der Waals surface area (Å²) in [6.07, 6.45) is 0.652. The van der Waals surface area contributed by atoms with E-state index in [4.69, 9.17) is 9.47 Å². The summed E-state index contributed by atoms with van der Waals surface area (Å²) in [5, 5.41) is 0. The van der Waals surface area contributed by atoms with Crippen LogP contribution in [0.5, 0.6) is 11.5 Å². The van der Waals surface area contributed by atoms with Gasteiger partial charge in [-0.3, -0.25) is 9.71 Å². The van der Waals surface area contributed by atoms with Crippen molar-refractivity contribution in [1.29, 1.82) is 0 Å². The van der Waals surface area contributed by atoms with Crippen molar-refractivity contribution in [2.75, 3.05) is 20.8 Å². The van der Waals surface area contributed by atoms with E-state index < -0.39 is 10.0 Å². The van der Waals surface area contributed by atoms with Gasteiger partial charge in [0.2, 0.25) is 0 Å². The standard InChI is InChI=1S/C20H22N2O4S/c1-14-19(16-7-5-4-6-8-16)27(23,24)22-20(14)21-12-11-15-9-10-17(25-2)18(13-15)26-3/h4-10,13H,11-12H2,1-3H3,(H,21,22). The fraction of sp³-hybridized carbons (Fsp3) is 0.250. The van der Waals surface area contributed by atoms with Crippen LogP contribution in [0.1, 0.15) is 18.1 Å². The summed E-state index contributed by atoms with van der Waals surface area (Å²) in [7, 11) is -0.407. The van der Waals surface area contributed by atoms with Gasteiger partial charge in [0.05, 0.1) is 14.2 Å². The second-order valence-electron chi connectivity index (χ2n) is 6.10. The molecule has 0 spiro atoms. The molecule has 0 amide bonds. The topological polar surface area (TPSA) is 77.0 Å². The van der Waals surface area contributed by atoms with E-state index in [2.05, 4.69) is 9.71 Å². The number of ether oxygens (including phenoxy) is 2. The molecule has 0 aromatic heterocycles. The van der Waals surface area contributed by atoms with Gasteiger partial charge in [-0.1, -0.05) is 36.4 Å². The summed E-state index contributed by atoms with van der Waals surface area (Å²) in [5.74, 6) is 1.73.